The lowest BCUT2D eigenvalue weighted by Gasteiger charge is -2.35. The largest absolute Gasteiger partial charge is 0.456 e. The first-order valence-electron chi connectivity index (χ1n) is 12.6. The van der Waals surface area contributed by atoms with E-state index in [1.54, 1.807) is 0 Å². The number of para-hydroxylation sites is 2. The highest BCUT2D eigenvalue weighted by atomic mass is 16.3. The Morgan fingerprint density at radius 1 is 0.676 bits per heavy atom. The third kappa shape index (κ3) is 2.78. The summed E-state index contributed by atoms with van der Waals surface area (Å²) in [6, 6.07) is 32.1. The van der Waals surface area contributed by atoms with Gasteiger partial charge < -0.3 is 4.42 Å². The molecule has 0 N–H and O–H groups in total. The zero-order valence-electron chi connectivity index (χ0n) is 20.6. The molecule has 4 heterocycles. The van der Waals surface area contributed by atoms with Gasteiger partial charge in [0.1, 0.15) is 17.0 Å². The second kappa shape index (κ2) is 7.17. The van der Waals surface area contributed by atoms with Crippen LogP contribution in [-0.4, -0.2) is 14.5 Å². The van der Waals surface area contributed by atoms with E-state index in [4.69, 9.17) is 9.40 Å². The first kappa shape index (κ1) is 20.5. The maximum absolute atomic E-state index is 6.07. The summed E-state index contributed by atoms with van der Waals surface area (Å²) in [5.41, 5.74) is 11.1. The molecule has 4 nitrogen and oxygen atoms in total. The van der Waals surface area contributed by atoms with E-state index in [9.17, 15) is 0 Å². The predicted molar refractivity (Wildman–Crippen MR) is 149 cm³/mol. The number of aromatic nitrogens is 3. The number of imidazole rings is 1. The van der Waals surface area contributed by atoms with E-state index in [1.807, 2.05) is 36.7 Å². The highest BCUT2D eigenvalue weighted by Crippen LogP contribution is 2.47. The average molecular weight is 478 g/mol. The lowest BCUT2D eigenvalue weighted by molar-refractivity contribution is 0.629. The normalized spacial score (nSPS) is 13.9. The topological polar surface area (TPSA) is 43.9 Å². The highest BCUT2D eigenvalue weighted by Gasteiger charge is 2.36. The van der Waals surface area contributed by atoms with E-state index in [0.29, 0.717) is 0 Å². The number of pyridine rings is 1. The molecule has 0 saturated heterocycles. The van der Waals surface area contributed by atoms with E-state index in [0.717, 1.165) is 38.8 Å². The van der Waals surface area contributed by atoms with Gasteiger partial charge in [0.25, 0.3) is 0 Å². The summed E-state index contributed by atoms with van der Waals surface area (Å²) >= 11 is 0. The fourth-order valence-electron chi connectivity index (χ4n) is 6.02. The minimum Gasteiger partial charge on any atom is -0.456 e. The summed E-state index contributed by atoms with van der Waals surface area (Å²) in [6.45, 7) is 4.64. The molecule has 0 radical (unpaired) electrons. The molecule has 1 aliphatic heterocycles. The molecule has 4 heteroatoms. The van der Waals surface area contributed by atoms with Crippen LogP contribution in [-0.2, 0) is 5.41 Å². The molecular formula is C33H23N3O. The molecule has 0 amide bonds. The van der Waals surface area contributed by atoms with Gasteiger partial charge in [-0.2, -0.15) is 0 Å². The van der Waals surface area contributed by atoms with Crippen molar-refractivity contribution in [1.82, 2.24) is 14.5 Å². The van der Waals surface area contributed by atoms with Crippen LogP contribution in [0.15, 0.2) is 108 Å². The lowest BCUT2D eigenvalue weighted by atomic mass is 9.74. The molecule has 0 aliphatic carbocycles. The van der Waals surface area contributed by atoms with Crippen LogP contribution in [0.25, 0.3) is 61.2 Å². The minimum atomic E-state index is -0.178. The molecule has 0 atom stereocenters. The van der Waals surface area contributed by atoms with Crippen molar-refractivity contribution in [1.29, 1.82) is 0 Å². The second-order valence-electron chi connectivity index (χ2n) is 10.3. The van der Waals surface area contributed by atoms with Crippen molar-refractivity contribution in [2.75, 3.05) is 0 Å². The summed E-state index contributed by atoms with van der Waals surface area (Å²) in [5, 5.41) is 2.29. The third-order valence-electron chi connectivity index (χ3n) is 7.91. The first-order chi connectivity index (χ1) is 18.1. The second-order valence-corrected chi connectivity index (χ2v) is 10.3. The van der Waals surface area contributed by atoms with Gasteiger partial charge in [-0.3, -0.25) is 9.55 Å². The number of hydrogen-bond donors (Lipinski definition) is 0. The first-order valence-corrected chi connectivity index (χ1v) is 12.6. The van der Waals surface area contributed by atoms with E-state index >= 15 is 0 Å². The summed E-state index contributed by atoms with van der Waals surface area (Å²) in [5.74, 6) is 0.945. The standard InChI is InChI=1S/C33H23N3O/c1-33(2)25-7-5-8-27-31(25)36(32(35-27)20-14-16-34-17-15-20)28-12-10-22(19-26(28)33)21-11-13-30-24(18-21)23-6-3-4-9-29(23)37-30/h3-19H,1-2H3. The van der Waals surface area contributed by atoms with Gasteiger partial charge in [0.15, 0.2) is 0 Å². The van der Waals surface area contributed by atoms with Crippen molar-refractivity contribution in [2.45, 2.75) is 19.3 Å². The number of rotatable bonds is 2. The number of fused-ring (bicyclic) bond motifs is 5. The zero-order valence-corrected chi connectivity index (χ0v) is 20.6. The van der Waals surface area contributed by atoms with Crippen LogP contribution in [0.3, 0.4) is 0 Å². The molecule has 176 valence electrons. The molecule has 1 aliphatic rings. The zero-order chi connectivity index (χ0) is 24.7. The lowest BCUT2D eigenvalue weighted by Crippen LogP contribution is -2.26. The number of nitrogens with zero attached hydrogens (tertiary/aromatic N) is 3. The van der Waals surface area contributed by atoms with Crippen LogP contribution < -0.4 is 0 Å². The Labute approximate surface area is 213 Å². The van der Waals surface area contributed by atoms with Gasteiger partial charge in [0, 0.05) is 34.1 Å². The Hall–Kier alpha value is -4.70. The van der Waals surface area contributed by atoms with Crippen LogP contribution in [0.2, 0.25) is 0 Å². The van der Waals surface area contributed by atoms with Crippen molar-refractivity contribution >= 4 is 33.0 Å². The molecule has 0 saturated carbocycles. The SMILES string of the molecule is CC1(C)c2cc(-c3ccc4oc5ccccc5c4c3)ccc2-n2c(-c3ccncc3)nc3cccc1c32. The minimum absolute atomic E-state index is 0.178. The maximum Gasteiger partial charge on any atom is 0.145 e. The Bertz CT molecular complexity index is 2010. The van der Waals surface area contributed by atoms with Gasteiger partial charge in [0.2, 0.25) is 0 Å². The maximum atomic E-state index is 6.07. The molecule has 4 aromatic carbocycles. The van der Waals surface area contributed by atoms with Gasteiger partial charge >= 0.3 is 0 Å². The third-order valence-corrected chi connectivity index (χ3v) is 7.91. The van der Waals surface area contributed by atoms with Crippen molar-refractivity contribution in [3.05, 3.63) is 115 Å². The summed E-state index contributed by atoms with van der Waals surface area (Å²) in [7, 11) is 0. The van der Waals surface area contributed by atoms with E-state index < -0.39 is 0 Å². The fourth-order valence-corrected chi connectivity index (χ4v) is 6.02. The van der Waals surface area contributed by atoms with Crippen molar-refractivity contribution < 1.29 is 4.42 Å². The van der Waals surface area contributed by atoms with Crippen LogP contribution in [0.1, 0.15) is 25.0 Å². The smallest absolute Gasteiger partial charge is 0.145 e. The molecule has 7 aromatic rings. The Kier molecular flexibility index (Phi) is 3.97. The molecule has 37 heavy (non-hydrogen) atoms. The van der Waals surface area contributed by atoms with Crippen molar-refractivity contribution in [3.8, 4) is 28.2 Å². The number of benzene rings is 4. The summed E-state index contributed by atoms with van der Waals surface area (Å²) in [6.07, 6.45) is 3.66. The van der Waals surface area contributed by atoms with Gasteiger partial charge in [-0.15, -0.1) is 0 Å². The van der Waals surface area contributed by atoms with Crippen LogP contribution in [0.4, 0.5) is 0 Å². The Morgan fingerprint density at radius 3 is 2.35 bits per heavy atom. The van der Waals surface area contributed by atoms with Crippen LogP contribution >= 0.6 is 0 Å². The summed E-state index contributed by atoms with van der Waals surface area (Å²) < 4.78 is 8.40. The van der Waals surface area contributed by atoms with E-state index in [-0.39, 0.29) is 5.41 Å². The fraction of sp³-hybridized carbons (Fsp3) is 0.0909. The monoisotopic (exact) mass is 477 g/mol. The Morgan fingerprint density at radius 2 is 1.46 bits per heavy atom. The van der Waals surface area contributed by atoms with Crippen molar-refractivity contribution in [3.63, 3.8) is 0 Å². The molecular weight excluding hydrogens is 454 g/mol. The molecule has 0 bridgehead atoms. The predicted octanol–water partition coefficient (Wildman–Crippen LogP) is 8.29. The molecule has 0 spiro atoms. The molecule has 0 fully saturated rings. The molecule has 0 unspecified atom stereocenters. The summed E-state index contributed by atoms with van der Waals surface area (Å²) in [4.78, 5) is 9.30. The van der Waals surface area contributed by atoms with Gasteiger partial charge in [-0.05, 0) is 70.8 Å². The van der Waals surface area contributed by atoms with E-state index in [1.165, 1.54) is 33.5 Å². The highest BCUT2D eigenvalue weighted by molar-refractivity contribution is 6.06. The van der Waals surface area contributed by atoms with Crippen molar-refractivity contribution in [2.24, 2.45) is 0 Å². The molecule has 3 aromatic heterocycles. The van der Waals surface area contributed by atoms with Gasteiger partial charge in [0.05, 0.1) is 16.7 Å². The number of furan rings is 1. The van der Waals surface area contributed by atoms with E-state index in [2.05, 4.69) is 90.1 Å². The van der Waals surface area contributed by atoms with Gasteiger partial charge in [-0.25, -0.2) is 4.98 Å². The van der Waals surface area contributed by atoms with Gasteiger partial charge in [-0.1, -0.05) is 56.3 Å². The Balaban J connectivity index is 1.38. The van der Waals surface area contributed by atoms with Crippen LogP contribution in [0, 0.1) is 0 Å². The van der Waals surface area contributed by atoms with Crippen LogP contribution in [0.5, 0.6) is 0 Å². The molecule has 8 rings (SSSR count). The number of hydrogen-bond acceptors (Lipinski definition) is 3. The average Bonchev–Trinajstić information content (AvgIpc) is 3.51. The quantitative estimate of drug-likeness (QED) is 0.252.